The van der Waals surface area contributed by atoms with Gasteiger partial charge in [-0.05, 0) is 48.9 Å². The van der Waals surface area contributed by atoms with E-state index < -0.39 is 0 Å². The van der Waals surface area contributed by atoms with Crippen LogP contribution in [0.2, 0.25) is 0 Å². The lowest BCUT2D eigenvalue weighted by atomic mass is 10.1. The molecule has 22 heavy (non-hydrogen) atoms. The molecule has 0 bridgehead atoms. The highest BCUT2D eigenvalue weighted by molar-refractivity contribution is 5.87. The summed E-state index contributed by atoms with van der Waals surface area (Å²) >= 11 is 0. The molecule has 0 aliphatic carbocycles. The first-order valence-corrected chi connectivity index (χ1v) is 7.16. The number of nitrogens with zero attached hydrogens (tertiary/aromatic N) is 3. The van der Waals surface area contributed by atoms with E-state index in [1.54, 1.807) is 7.11 Å². The molecule has 4 aromatic rings. The highest BCUT2D eigenvalue weighted by Crippen LogP contribution is 2.27. The zero-order chi connectivity index (χ0) is 15.1. The summed E-state index contributed by atoms with van der Waals surface area (Å²) in [4.78, 5) is 0. The van der Waals surface area contributed by atoms with Crippen molar-refractivity contribution < 1.29 is 4.74 Å². The van der Waals surface area contributed by atoms with Crippen LogP contribution in [0.25, 0.3) is 27.9 Å². The fourth-order valence-electron chi connectivity index (χ4n) is 2.83. The Hall–Kier alpha value is -2.88. The standard InChI is InChI=1S/C18H15N3O/c1-12-11-17-19-20-18(13-7-9-14(22-2)10-8-13)21(17)16-6-4-3-5-15(12)16/h3-11H,1-2H3. The number of methoxy groups -OCH3 is 1. The van der Waals surface area contributed by atoms with Crippen LogP contribution in [-0.2, 0) is 0 Å². The van der Waals surface area contributed by atoms with Gasteiger partial charge < -0.3 is 4.74 Å². The minimum atomic E-state index is 0.832. The second kappa shape index (κ2) is 4.84. The zero-order valence-electron chi connectivity index (χ0n) is 12.4. The maximum atomic E-state index is 5.22. The summed E-state index contributed by atoms with van der Waals surface area (Å²) in [6.07, 6.45) is 0. The van der Waals surface area contributed by atoms with Crippen LogP contribution in [-0.4, -0.2) is 21.7 Å². The van der Waals surface area contributed by atoms with Crippen molar-refractivity contribution in [2.24, 2.45) is 0 Å². The summed E-state index contributed by atoms with van der Waals surface area (Å²) in [6.45, 7) is 2.10. The number of rotatable bonds is 2. The first-order chi connectivity index (χ1) is 10.8. The number of para-hydroxylation sites is 1. The van der Waals surface area contributed by atoms with E-state index in [0.717, 1.165) is 28.3 Å². The van der Waals surface area contributed by atoms with Gasteiger partial charge in [0.05, 0.1) is 12.6 Å². The summed E-state index contributed by atoms with van der Waals surface area (Å²) in [5.74, 6) is 1.67. The molecule has 0 fully saturated rings. The van der Waals surface area contributed by atoms with Gasteiger partial charge in [0.1, 0.15) is 5.75 Å². The summed E-state index contributed by atoms with van der Waals surface area (Å²) < 4.78 is 7.32. The second-order valence-electron chi connectivity index (χ2n) is 5.29. The van der Waals surface area contributed by atoms with Crippen LogP contribution in [0.3, 0.4) is 0 Å². The van der Waals surface area contributed by atoms with Gasteiger partial charge in [-0.1, -0.05) is 18.2 Å². The van der Waals surface area contributed by atoms with Crippen LogP contribution in [0.5, 0.6) is 5.75 Å². The van der Waals surface area contributed by atoms with Crippen LogP contribution in [0.15, 0.2) is 54.6 Å². The van der Waals surface area contributed by atoms with Crippen LogP contribution in [0.4, 0.5) is 0 Å². The number of pyridine rings is 1. The van der Waals surface area contributed by atoms with Crippen LogP contribution in [0.1, 0.15) is 5.56 Å². The van der Waals surface area contributed by atoms with E-state index in [2.05, 4.69) is 45.8 Å². The average molecular weight is 289 g/mol. The Balaban J connectivity index is 2.04. The third-order valence-electron chi connectivity index (χ3n) is 3.95. The van der Waals surface area contributed by atoms with Crippen molar-refractivity contribution in [2.75, 3.05) is 7.11 Å². The lowest BCUT2D eigenvalue weighted by molar-refractivity contribution is 0.415. The Morgan fingerprint density at radius 1 is 0.955 bits per heavy atom. The fourth-order valence-corrected chi connectivity index (χ4v) is 2.83. The van der Waals surface area contributed by atoms with E-state index in [1.807, 2.05) is 30.3 Å². The molecule has 4 rings (SSSR count). The second-order valence-corrected chi connectivity index (χ2v) is 5.29. The molecule has 4 nitrogen and oxygen atoms in total. The monoisotopic (exact) mass is 289 g/mol. The summed E-state index contributed by atoms with van der Waals surface area (Å²) in [5, 5.41) is 9.93. The molecule has 2 heterocycles. The van der Waals surface area contributed by atoms with Gasteiger partial charge in [0.2, 0.25) is 0 Å². The van der Waals surface area contributed by atoms with Crippen LogP contribution in [0, 0.1) is 6.92 Å². The van der Waals surface area contributed by atoms with Gasteiger partial charge in [-0.2, -0.15) is 0 Å². The highest BCUT2D eigenvalue weighted by Gasteiger charge is 2.12. The first kappa shape index (κ1) is 12.8. The lowest BCUT2D eigenvalue weighted by Gasteiger charge is -2.08. The molecule has 0 saturated carbocycles. The Morgan fingerprint density at radius 2 is 1.73 bits per heavy atom. The van der Waals surface area contributed by atoms with Gasteiger partial charge in [-0.25, -0.2) is 0 Å². The molecule has 0 atom stereocenters. The Labute approximate surface area is 128 Å². The minimum absolute atomic E-state index is 0.832. The van der Waals surface area contributed by atoms with Gasteiger partial charge >= 0.3 is 0 Å². The quantitative estimate of drug-likeness (QED) is 0.562. The van der Waals surface area contributed by atoms with Crippen molar-refractivity contribution in [3.8, 4) is 17.1 Å². The van der Waals surface area contributed by atoms with Crippen LogP contribution >= 0.6 is 0 Å². The van der Waals surface area contributed by atoms with Crippen molar-refractivity contribution in [3.05, 3.63) is 60.2 Å². The normalized spacial score (nSPS) is 11.2. The van der Waals surface area contributed by atoms with E-state index in [9.17, 15) is 0 Å². The molecule has 2 aromatic heterocycles. The largest absolute Gasteiger partial charge is 0.497 e. The molecule has 0 spiro atoms. The Kier molecular flexibility index (Phi) is 2.82. The maximum Gasteiger partial charge on any atom is 0.168 e. The van der Waals surface area contributed by atoms with Crippen molar-refractivity contribution in [2.45, 2.75) is 6.92 Å². The predicted octanol–water partition coefficient (Wildman–Crippen LogP) is 3.87. The molecule has 4 heteroatoms. The molecular formula is C18H15N3O. The van der Waals surface area contributed by atoms with Gasteiger partial charge in [0, 0.05) is 10.9 Å². The third-order valence-corrected chi connectivity index (χ3v) is 3.95. The predicted molar refractivity (Wildman–Crippen MR) is 87.2 cm³/mol. The van der Waals surface area contributed by atoms with Gasteiger partial charge in [0.15, 0.2) is 11.5 Å². The molecule has 0 saturated heterocycles. The summed E-state index contributed by atoms with van der Waals surface area (Å²) in [6, 6.07) is 18.3. The third kappa shape index (κ3) is 1.84. The Bertz CT molecular complexity index is 971. The van der Waals surface area contributed by atoms with Crippen molar-refractivity contribution >= 4 is 16.6 Å². The molecule has 2 aromatic carbocycles. The van der Waals surface area contributed by atoms with E-state index in [4.69, 9.17) is 4.74 Å². The molecule has 0 N–H and O–H groups in total. The number of hydrogen-bond acceptors (Lipinski definition) is 3. The zero-order valence-corrected chi connectivity index (χ0v) is 12.4. The van der Waals surface area contributed by atoms with Crippen molar-refractivity contribution in [1.82, 2.24) is 14.6 Å². The van der Waals surface area contributed by atoms with E-state index in [-0.39, 0.29) is 0 Å². The molecule has 0 unspecified atom stereocenters. The molecule has 0 radical (unpaired) electrons. The number of aryl methyl sites for hydroxylation is 1. The number of fused-ring (bicyclic) bond motifs is 3. The van der Waals surface area contributed by atoms with Gasteiger partial charge in [-0.15, -0.1) is 10.2 Å². The highest BCUT2D eigenvalue weighted by atomic mass is 16.5. The van der Waals surface area contributed by atoms with Crippen molar-refractivity contribution in [1.29, 1.82) is 0 Å². The maximum absolute atomic E-state index is 5.22. The number of aromatic nitrogens is 3. The first-order valence-electron chi connectivity index (χ1n) is 7.16. The van der Waals surface area contributed by atoms with Crippen molar-refractivity contribution in [3.63, 3.8) is 0 Å². The van der Waals surface area contributed by atoms with Gasteiger partial charge in [0.25, 0.3) is 0 Å². The molecular weight excluding hydrogens is 274 g/mol. The van der Waals surface area contributed by atoms with Gasteiger partial charge in [-0.3, -0.25) is 4.40 Å². The smallest absolute Gasteiger partial charge is 0.168 e. The van der Waals surface area contributed by atoms with E-state index >= 15 is 0 Å². The fraction of sp³-hybridized carbons (Fsp3) is 0.111. The minimum Gasteiger partial charge on any atom is -0.497 e. The lowest BCUT2D eigenvalue weighted by Crippen LogP contribution is -1.94. The molecule has 0 aliphatic rings. The van der Waals surface area contributed by atoms with E-state index in [1.165, 1.54) is 10.9 Å². The molecule has 0 aliphatic heterocycles. The molecule has 0 amide bonds. The summed E-state index contributed by atoms with van der Waals surface area (Å²) in [7, 11) is 1.66. The summed E-state index contributed by atoms with van der Waals surface area (Å²) in [5.41, 5.74) is 4.20. The number of benzene rings is 2. The number of ether oxygens (including phenoxy) is 1. The SMILES string of the molecule is COc1ccc(-c2nnc3cc(C)c4ccccc4n23)cc1. The molecule has 108 valence electrons. The average Bonchev–Trinajstić information content (AvgIpc) is 2.99. The number of hydrogen-bond donors (Lipinski definition) is 0. The topological polar surface area (TPSA) is 39.4 Å². The Morgan fingerprint density at radius 3 is 2.50 bits per heavy atom. The van der Waals surface area contributed by atoms with E-state index in [0.29, 0.717) is 0 Å². The van der Waals surface area contributed by atoms with Crippen LogP contribution < -0.4 is 4.74 Å².